The number of allylic oxidation sites excluding steroid dienone is 1. The minimum absolute atomic E-state index is 0.0888. The van der Waals surface area contributed by atoms with Gasteiger partial charge in [0.15, 0.2) is 16.6 Å². The lowest BCUT2D eigenvalue weighted by molar-refractivity contribution is 0.0190. The monoisotopic (exact) mass is 629 g/mol. The molecule has 3 atom stereocenters. The molecule has 0 unspecified atom stereocenters. The van der Waals surface area contributed by atoms with Crippen LogP contribution in [0.1, 0.15) is 125 Å². The quantitative estimate of drug-likeness (QED) is 0.0921. The van der Waals surface area contributed by atoms with Gasteiger partial charge in [0.1, 0.15) is 18.2 Å². The third kappa shape index (κ3) is 12.6. The molecule has 0 N–H and O–H groups in total. The van der Waals surface area contributed by atoms with Crippen LogP contribution in [0.4, 0.5) is 0 Å². The molecule has 0 aliphatic carbocycles. The molecule has 0 radical (unpaired) electrons. The smallest absolute Gasteiger partial charge is 0.217 e. The highest BCUT2D eigenvalue weighted by Gasteiger charge is 2.46. The average molecular weight is 630 g/mol. The first-order chi connectivity index (χ1) is 20.1. The lowest BCUT2D eigenvalue weighted by atomic mass is 10.0. The Balaban J connectivity index is 2.19. The maximum atomic E-state index is 7.15. The van der Waals surface area contributed by atoms with Crippen molar-refractivity contribution < 1.29 is 13.6 Å². The Morgan fingerprint density at radius 3 is 1.84 bits per heavy atom. The fourth-order valence-electron chi connectivity index (χ4n) is 4.83. The van der Waals surface area contributed by atoms with Gasteiger partial charge in [0, 0.05) is 5.56 Å². The van der Waals surface area contributed by atoms with Crippen LogP contribution in [-0.2, 0) is 13.6 Å². The Hall–Kier alpha value is -1.22. The van der Waals surface area contributed by atoms with Gasteiger partial charge in [-0.25, -0.2) is 4.99 Å². The number of ether oxygens (including phenoxy) is 1. The zero-order valence-corrected chi connectivity index (χ0v) is 31.9. The summed E-state index contributed by atoms with van der Waals surface area (Å²) < 4.78 is 20.6. The summed E-state index contributed by atoms with van der Waals surface area (Å²) in [5.41, 5.74) is 1.01. The highest BCUT2D eigenvalue weighted by Crippen LogP contribution is 2.40. The van der Waals surface area contributed by atoms with Crippen molar-refractivity contribution in [2.75, 3.05) is 6.61 Å². The van der Waals surface area contributed by atoms with E-state index in [1.165, 1.54) is 64.2 Å². The summed E-state index contributed by atoms with van der Waals surface area (Å²) >= 11 is 0. The Kier molecular flexibility index (Phi) is 15.4. The summed E-state index contributed by atoms with van der Waals surface area (Å²) in [6, 6.07) is 10.2. The fraction of sp³-hybridized carbons (Fsp3) is 0.757. The third-order valence-electron chi connectivity index (χ3n) is 9.96. The second kappa shape index (κ2) is 17.5. The molecule has 0 aromatic heterocycles. The fourth-order valence-corrected chi connectivity index (χ4v) is 7.17. The summed E-state index contributed by atoms with van der Waals surface area (Å²) in [7, 11) is -4.07. The zero-order chi connectivity index (χ0) is 32.2. The maximum absolute atomic E-state index is 7.15. The lowest BCUT2D eigenvalue weighted by Crippen LogP contribution is -2.55. The minimum atomic E-state index is -2.10. The molecule has 0 saturated carbocycles. The lowest BCUT2D eigenvalue weighted by Gasteiger charge is -2.45. The third-order valence-corrected chi connectivity index (χ3v) is 18.9. The van der Waals surface area contributed by atoms with Gasteiger partial charge in [0.05, 0.1) is 6.61 Å². The van der Waals surface area contributed by atoms with Crippen molar-refractivity contribution in [1.29, 1.82) is 0 Å². The molecule has 0 bridgehead atoms. The molecule has 1 aromatic carbocycles. The minimum Gasteiger partial charge on any atom is -0.467 e. The molecule has 1 aliphatic rings. The maximum Gasteiger partial charge on any atom is 0.217 e. The molecular weight excluding hydrogens is 563 g/mol. The van der Waals surface area contributed by atoms with Crippen molar-refractivity contribution in [3.8, 4) is 0 Å². The summed E-state index contributed by atoms with van der Waals surface area (Å²) in [6.07, 6.45) is 18.9. The molecule has 1 aromatic rings. The van der Waals surface area contributed by atoms with E-state index in [9.17, 15) is 0 Å². The van der Waals surface area contributed by atoms with Gasteiger partial charge in [-0.05, 0) is 67.3 Å². The van der Waals surface area contributed by atoms with Crippen LogP contribution in [0, 0.1) is 0 Å². The van der Waals surface area contributed by atoms with E-state index in [0.29, 0.717) is 12.5 Å². The van der Waals surface area contributed by atoms with E-state index >= 15 is 0 Å². The Morgan fingerprint density at radius 1 is 0.767 bits per heavy atom. The van der Waals surface area contributed by atoms with Gasteiger partial charge in [0.2, 0.25) is 5.90 Å². The largest absolute Gasteiger partial charge is 0.467 e. The van der Waals surface area contributed by atoms with Crippen LogP contribution in [-0.4, -0.2) is 47.4 Å². The van der Waals surface area contributed by atoms with Gasteiger partial charge in [-0.1, -0.05) is 131 Å². The van der Waals surface area contributed by atoms with E-state index in [-0.39, 0.29) is 28.3 Å². The van der Waals surface area contributed by atoms with Gasteiger partial charge in [-0.2, -0.15) is 0 Å². The van der Waals surface area contributed by atoms with E-state index in [2.05, 4.69) is 111 Å². The van der Waals surface area contributed by atoms with Gasteiger partial charge >= 0.3 is 0 Å². The van der Waals surface area contributed by atoms with Crippen molar-refractivity contribution in [2.24, 2.45) is 4.99 Å². The number of aliphatic imine (C=N–C) groups is 1. The van der Waals surface area contributed by atoms with Crippen LogP contribution >= 0.6 is 0 Å². The van der Waals surface area contributed by atoms with Gasteiger partial charge < -0.3 is 13.6 Å². The highest BCUT2D eigenvalue weighted by atomic mass is 28.4. The van der Waals surface area contributed by atoms with Gasteiger partial charge in [-0.15, -0.1) is 0 Å². The van der Waals surface area contributed by atoms with Crippen LogP contribution < -0.4 is 0 Å². The molecule has 246 valence electrons. The number of rotatable bonds is 18. The molecule has 0 saturated heterocycles. The molecule has 1 aliphatic heterocycles. The average Bonchev–Trinajstić information content (AvgIpc) is 2.92. The normalized spacial score (nSPS) is 20.3. The van der Waals surface area contributed by atoms with Crippen LogP contribution in [0.15, 0.2) is 47.5 Å². The topological polar surface area (TPSA) is 40.0 Å². The first-order valence-corrected chi connectivity index (χ1v) is 23.2. The number of hydrogen-bond acceptors (Lipinski definition) is 4. The molecule has 1 heterocycles. The SMILES string of the molecule is CCCCCCCCCCCCC=C[C@H]1OC(c2ccccc2)=N[C@@H](CO[Si](C)(C)C(C)(C)C)[C@H]1O[Si](C)(C)C(C)(C)C. The first-order valence-electron chi connectivity index (χ1n) is 17.4. The van der Waals surface area contributed by atoms with Crippen LogP contribution in [0.25, 0.3) is 0 Å². The molecule has 6 heteroatoms. The van der Waals surface area contributed by atoms with Crippen molar-refractivity contribution in [3.63, 3.8) is 0 Å². The molecule has 4 nitrogen and oxygen atoms in total. The van der Waals surface area contributed by atoms with Crippen LogP contribution in [0.5, 0.6) is 0 Å². The Morgan fingerprint density at radius 2 is 1.30 bits per heavy atom. The molecular formula is C37H67NO3Si2. The predicted molar refractivity (Wildman–Crippen MR) is 192 cm³/mol. The van der Waals surface area contributed by atoms with E-state index in [4.69, 9.17) is 18.6 Å². The van der Waals surface area contributed by atoms with Crippen molar-refractivity contribution in [3.05, 3.63) is 48.0 Å². The molecule has 0 amide bonds. The number of hydrogen-bond donors (Lipinski definition) is 0. The van der Waals surface area contributed by atoms with Crippen LogP contribution in [0.3, 0.4) is 0 Å². The molecule has 0 spiro atoms. The highest BCUT2D eigenvalue weighted by molar-refractivity contribution is 6.74. The number of unbranched alkanes of at least 4 members (excludes halogenated alkanes) is 10. The van der Waals surface area contributed by atoms with Crippen LogP contribution in [0.2, 0.25) is 36.3 Å². The summed E-state index contributed by atoms with van der Waals surface area (Å²) in [4.78, 5) is 5.20. The van der Waals surface area contributed by atoms with Gasteiger partial charge in [0.25, 0.3) is 0 Å². The standard InChI is InChI=1S/C37H67NO3Si2/c1-12-13-14-15-16-17-18-19-20-21-22-26-29-33-34(41-43(10,11)37(5,6)7)32(30-39-42(8,9)36(2,3)4)38-35(40-33)31-27-24-23-25-28-31/h23-29,32-34H,12-22,30H2,1-11H3/t32-,33+,34+/m0/s1. The van der Waals surface area contributed by atoms with Crippen molar-refractivity contribution in [1.82, 2.24) is 0 Å². The van der Waals surface area contributed by atoms with Crippen molar-refractivity contribution >= 4 is 22.5 Å². The number of nitrogens with zero attached hydrogens (tertiary/aromatic N) is 1. The predicted octanol–water partition coefficient (Wildman–Crippen LogP) is 11.5. The first kappa shape index (κ1) is 38.0. The Labute approximate surface area is 268 Å². The molecule has 43 heavy (non-hydrogen) atoms. The van der Waals surface area contributed by atoms with E-state index in [1.807, 2.05) is 6.07 Å². The number of benzene rings is 1. The van der Waals surface area contributed by atoms with E-state index in [0.717, 1.165) is 12.0 Å². The summed E-state index contributed by atoms with van der Waals surface area (Å²) in [5, 5.41) is 0.222. The Bertz CT molecular complexity index is 976. The van der Waals surface area contributed by atoms with E-state index < -0.39 is 16.6 Å². The second-order valence-corrected chi connectivity index (χ2v) is 25.3. The molecule has 2 rings (SSSR count). The second-order valence-electron chi connectivity index (χ2n) is 15.8. The van der Waals surface area contributed by atoms with E-state index in [1.54, 1.807) is 0 Å². The summed E-state index contributed by atoms with van der Waals surface area (Å²) in [6.45, 7) is 26.0. The summed E-state index contributed by atoms with van der Waals surface area (Å²) in [5.74, 6) is 0.702. The van der Waals surface area contributed by atoms with Gasteiger partial charge in [-0.3, -0.25) is 0 Å². The molecule has 0 fully saturated rings. The van der Waals surface area contributed by atoms with Crippen molar-refractivity contribution in [2.45, 2.75) is 174 Å². The zero-order valence-electron chi connectivity index (χ0n) is 29.9.